The summed E-state index contributed by atoms with van der Waals surface area (Å²) in [5, 5.41) is 1.27. The van der Waals surface area contributed by atoms with Crippen LogP contribution in [0.1, 0.15) is 42.6 Å². The molecule has 0 radical (unpaired) electrons. The number of methoxy groups -OCH3 is 1. The summed E-state index contributed by atoms with van der Waals surface area (Å²) in [6.07, 6.45) is 2.34. The summed E-state index contributed by atoms with van der Waals surface area (Å²) in [6.45, 7) is 2.81. The minimum atomic E-state index is -0.0730. The lowest BCUT2D eigenvalue weighted by atomic mass is 9.92. The molecule has 4 nitrogen and oxygen atoms in total. The largest absolute Gasteiger partial charge is 0.497 e. The minimum Gasteiger partial charge on any atom is -0.497 e. The maximum atomic E-state index is 12.8. The maximum Gasteiger partial charge on any atom is 0.223 e. The third kappa shape index (κ3) is 2.75. The second-order valence-corrected chi connectivity index (χ2v) is 6.83. The van der Waals surface area contributed by atoms with Crippen molar-refractivity contribution in [1.29, 1.82) is 0 Å². The van der Waals surface area contributed by atoms with Crippen molar-refractivity contribution in [2.75, 3.05) is 13.7 Å². The standard InChI is InChI=1S/C22H24N2O2/c1-3-6-20(25)24-14-13-18-17-7-4-5-8-19(17)23-21(18)22(24)15-9-11-16(26-2)12-10-15/h4-5,7-12,22-23H,3,6,13-14H2,1-2H3/t22-/m1/s1. The number of H-pyrrole nitrogens is 1. The third-order valence-electron chi connectivity index (χ3n) is 5.25. The summed E-state index contributed by atoms with van der Waals surface area (Å²) in [5.74, 6) is 1.05. The zero-order chi connectivity index (χ0) is 18.1. The molecule has 1 N–H and O–H groups in total. The quantitative estimate of drug-likeness (QED) is 0.757. The molecular weight excluding hydrogens is 324 g/mol. The summed E-state index contributed by atoms with van der Waals surface area (Å²) in [7, 11) is 1.67. The van der Waals surface area contributed by atoms with Gasteiger partial charge in [-0.1, -0.05) is 37.3 Å². The Labute approximate surface area is 153 Å². The first-order valence-corrected chi connectivity index (χ1v) is 9.25. The van der Waals surface area contributed by atoms with Gasteiger partial charge in [0.1, 0.15) is 5.75 Å². The summed E-state index contributed by atoms with van der Waals surface area (Å²) < 4.78 is 5.30. The first kappa shape index (κ1) is 16.7. The molecule has 0 bridgehead atoms. The van der Waals surface area contributed by atoms with Crippen LogP contribution < -0.4 is 4.74 Å². The molecule has 0 saturated carbocycles. The van der Waals surface area contributed by atoms with E-state index in [1.54, 1.807) is 7.11 Å². The molecule has 0 aliphatic carbocycles. The Balaban J connectivity index is 1.84. The van der Waals surface area contributed by atoms with Gasteiger partial charge in [0.15, 0.2) is 0 Å². The van der Waals surface area contributed by atoms with Crippen LogP contribution in [0, 0.1) is 0 Å². The maximum absolute atomic E-state index is 12.8. The number of hydrogen-bond donors (Lipinski definition) is 1. The van der Waals surface area contributed by atoms with Crippen LogP contribution in [-0.4, -0.2) is 29.4 Å². The molecule has 2 aromatic carbocycles. The highest BCUT2D eigenvalue weighted by atomic mass is 16.5. The van der Waals surface area contributed by atoms with Crippen molar-refractivity contribution in [1.82, 2.24) is 9.88 Å². The van der Waals surface area contributed by atoms with Crippen LogP contribution in [0.4, 0.5) is 0 Å². The minimum absolute atomic E-state index is 0.0730. The Kier molecular flexibility index (Phi) is 4.41. The van der Waals surface area contributed by atoms with E-state index in [1.165, 1.54) is 10.9 Å². The number of benzene rings is 2. The Morgan fingerprint density at radius 1 is 1.19 bits per heavy atom. The van der Waals surface area contributed by atoms with E-state index in [1.807, 2.05) is 23.1 Å². The van der Waals surface area contributed by atoms with Gasteiger partial charge < -0.3 is 14.6 Å². The predicted molar refractivity (Wildman–Crippen MR) is 103 cm³/mol. The third-order valence-corrected chi connectivity index (χ3v) is 5.25. The van der Waals surface area contributed by atoms with E-state index in [0.29, 0.717) is 6.42 Å². The Morgan fingerprint density at radius 2 is 1.96 bits per heavy atom. The number of fused-ring (bicyclic) bond motifs is 3. The number of carbonyl (C=O) groups is 1. The molecule has 1 amide bonds. The monoisotopic (exact) mass is 348 g/mol. The summed E-state index contributed by atoms with van der Waals surface area (Å²) >= 11 is 0. The number of hydrogen-bond acceptors (Lipinski definition) is 2. The number of aromatic nitrogens is 1. The van der Waals surface area contributed by atoms with Crippen LogP contribution in [0.5, 0.6) is 5.75 Å². The molecule has 3 aromatic rings. The summed E-state index contributed by atoms with van der Waals surface area (Å²) in [4.78, 5) is 18.4. The van der Waals surface area contributed by atoms with Crippen LogP contribution in [0.15, 0.2) is 48.5 Å². The predicted octanol–water partition coefficient (Wildman–Crippen LogP) is 4.45. The van der Waals surface area contributed by atoms with Crippen molar-refractivity contribution in [3.63, 3.8) is 0 Å². The number of ether oxygens (including phenoxy) is 1. The van der Waals surface area contributed by atoms with Crippen molar-refractivity contribution < 1.29 is 9.53 Å². The fourth-order valence-electron chi connectivity index (χ4n) is 4.00. The molecule has 4 rings (SSSR count). The molecule has 26 heavy (non-hydrogen) atoms. The zero-order valence-corrected chi connectivity index (χ0v) is 15.3. The van der Waals surface area contributed by atoms with Crippen molar-refractivity contribution in [2.45, 2.75) is 32.2 Å². The first-order valence-electron chi connectivity index (χ1n) is 9.25. The fraction of sp³-hybridized carbons (Fsp3) is 0.318. The van der Waals surface area contributed by atoms with Crippen molar-refractivity contribution in [2.24, 2.45) is 0 Å². The highest BCUT2D eigenvalue weighted by molar-refractivity contribution is 5.86. The molecular formula is C22H24N2O2. The van der Waals surface area contributed by atoms with Crippen molar-refractivity contribution in [3.8, 4) is 5.75 Å². The lowest BCUT2D eigenvalue weighted by Crippen LogP contribution is -2.40. The van der Waals surface area contributed by atoms with Crippen molar-refractivity contribution in [3.05, 3.63) is 65.4 Å². The van der Waals surface area contributed by atoms with Crippen LogP contribution in [0.2, 0.25) is 0 Å². The number of nitrogens with one attached hydrogen (secondary N) is 1. The Morgan fingerprint density at radius 3 is 2.69 bits per heavy atom. The van der Waals surface area contributed by atoms with Crippen molar-refractivity contribution >= 4 is 16.8 Å². The van der Waals surface area contributed by atoms with Crippen LogP contribution in [0.25, 0.3) is 10.9 Å². The Bertz CT molecular complexity index is 927. The van der Waals surface area contributed by atoms with E-state index in [0.717, 1.165) is 41.9 Å². The topological polar surface area (TPSA) is 45.3 Å². The van der Waals surface area contributed by atoms with Gasteiger partial charge >= 0.3 is 0 Å². The second kappa shape index (κ2) is 6.87. The van der Waals surface area contributed by atoms with E-state index in [9.17, 15) is 4.79 Å². The second-order valence-electron chi connectivity index (χ2n) is 6.83. The van der Waals surface area contributed by atoms with Crippen LogP contribution in [-0.2, 0) is 11.2 Å². The Hall–Kier alpha value is -2.75. The van der Waals surface area contributed by atoms with Gasteiger partial charge in [-0.2, -0.15) is 0 Å². The van der Waals surface area contributed by atoms with E-state index < -0.39 is 0 Å². The molecule has 2 heterocycles. The number of carbonyl (C=O) groups excluding carboxylic acids is 1. The highest BCUT2D eigenvalue weighted by Gasteiger charge is 2.33. The van der Waals surface area contributed by atoms with Gasteiger partial charge in [-0.3, -0.25) is 4.79 Å². The van der Waals surface area contributed by atoms with Crippen LogP contribution >= 0.6 is 0 Å². The van der Waals surface area contributed by atoms with Gasteiger partial charge in [-0.05, 0) is 42.2 Å². The molecule has 4 heteroatoms. The molecule has 1 aliphatic rings. The molecule has 0 saturated heterocycles. The normalized spacial score (nSPS) is 16.5. The highest BCUT2D eigenvalue weighted by Crippen LogP contribution is 2.39. The van der Waals surface area contributed by atoms with E-state index in [-0.39, 0.29) is 11.9 Å². The number of amides is 1. The average Bonchev–Trinajstić information content (AvgIpc) is 3.06. The SMILES string of the molecule is CCCC(=O)N1CCc2c([nH]c3ccccc23)[C@H]1c1ccc(OC)cc1. The van der Waals surface area contributed by atoms with Gasteiger partial charge in [-0.15, -0.1) is 0 Å². The van der Waals surface area contributed by atoms with Gasteiger partial charge in [0.05, 0.1) is 13.2 Å². The van der Waals surface area contributed by atoms with Crippen LogP contribution in [0.3, 0.4) is 0 Å². The van der Waals surface area contributed by atoms with Gasteiger partial charge in [-0.25, -0.2) is 0 Å². The number of rotatable bonds is 4. The lowest BCUT2D eigenvalue weighted by molar-refractivity contribution is -0.133. The van der Waals surface area contributed by atoms with E-state index >= 15 is 0 Å². The summed E-state index contributed by atoms with van der Waals surface area (Å²) in [6, 6.07) is 16.4. The van der Waals surface area contributed by atoms with Gasteiger partial charge in [0.2, 0.25) is 5.91 Å². The fourth-order valence-corrected chi connectivity index (χ4v) is 4.00. The molecule has 1 aromatic heterocycles. The van der Waals surface area contributed by atoms with E-state index in [2.05, 4.69) is 42.2 Å². The molecule has 1 aliphatic heterocycles. The molecule has 0 unspecified atom stereocenters. The molecule has 0 fully saturated rings. The molecule has 1 atom stereocenters. The molecule has 134 valence electrons. The zero-order valence-electron chi connectivity index (χ0n) is 15.3. The molecule has 0 spiro atoms. The number of nitrogens with zero attached hydrogens (tertiary/aromatic N) is 1. The van der Waals surface area contributed by atoms with E-state index in [4.69, 9.17) is 4.74 Å². The number of para-hydroxylation sites is 1. The average molecular weight is 348 g/mol. The summed E-state index contributed by atoms with van der Waals surface area (Å²) in [5.41, 5.74) is 4.73. The lowest BCUT2D eigenvalue weighted by Gasteiger charge is -2.36. The first-order chi connectivity index (χ1) is 12.7. The van der Waals surface area contributed by atoms with Gasteiger partial charge in [0.25, 0.3) is 0 Å². The smallest absolute Gasteiger partial charge is 0.223 e. The van der Waals surface area contributed by atoms with Gasteiger partial charge in [0, 0.05) is 29.6 Å². The number of aromatic amines is 1.